The molecule has 1 saturated heterocycles. The van der Waals surface area contributed by atoms with Crippen molar-refractivity contribution in [1.29, 1.82) is 0 Å². The van der Waals surface area contributed by atoms with Crippen molar-refractivity contribution in [2.24, 2.45) is 17.6 Å². The predicted octanol–water partition coefficient (Wildman–Crippen LogP) is 2.27. The fourth-order valence-electron chi connectivity index (χ4n) is 2.80. The van der Waals surface area contributed by atoms with Crippen molar-refractivity contribution in [3.05, 3.63) is 18.0 Å². The standard InChI is InChI=1S/C15H28N4/c1-4-13(3)19-8-6-15(17-19)11-18-7-5-12(2)14(9-16)10-18/h6,8,12-14H,4-5,7,9-11,16H2,1-3H3. The van der Waals surface area contributed by atoms with Crippen molar-refractivity contribution in [3.8, 4) is 0 Å². The van der Waals surface area contributed by atoms with Crippen LogP contribution in [0.5, 0.6) is 0 Å². The maximum atomic E-state index is 5.86. The quantitative estimate of drug-likeness (QED) is 0.887. The van der Waals surface area contributed by atoms with Gasteiger partial charge in [0.15, 0.2) is 0 Å². The Morgan fingerprint density at radius 2 is 2.32 bits per heavy atom. The SMILES string of the molecule is CCC(C)n1ccc(CN2CCC(C)C(CN)C2)n1. The maximum absolute atomic E-state index is 5.86. The molecule has 2 rings (SSSR count). The highest BCUT2D eigenvalue weighted by Gasteiger charge is 2.25. The predicted molar refractivity (Wildman–Crippen MR) is 78.8 cm³/mol. The van der Waals surface area contributed by atoms with Gasteiger partial charge in [0.05, 0.1) is 5.69 Å². The summed E-state index contributed by atoms with van der Waals surface area (Å²) in [4.78, 5) is 2.50. The van der Waals surface area contributed by atoms with Crippen LogP contribution in [0.15, 0.2) is 12.3 Å². The topological polar surface area (TPSA) is 47.1 Å². The van der Waals surface area contributed by atoms with Gasteiger partial charge in [-0.2, -0.15) is 5.10 Å². The Morgan fingerprint density at radius 1 is 1.53 bits per heavy atom. The number of hydrogen-bond acceptors (Lipinski definition) is 3. The average Bonchev–Trinajstić information content (AvgIpc) is 2.88. The summed E-state index contributed by atoms with van der Waals surface area (Å²) in [6.07, 6.45) is 4.49. The fraction of sp³-hybridized carbons (Fsp3) is 0.800. The van der Waals surface area contributed by atoms with Crippen LogP contribution in [-0.4, -0.2) is 34.3 Å². The van der Waals surface area contributed by atoms with Crippen LogP contribution < -0.4 is 5.73 Å². The molecular formula is C15H28N4. The van der Waals surface area contributed by atoms with Gasteiger partial charge in [0.25, 0.3) is 0 Å². The third-order valence-electron chi connectivity index (χ3n) is 4.59. The van der Waals surface area contributed by atoms with Crippen LogP contribution in [0.1, 0.15) is 45.3 Å². The second-order valence-electron chi connectivity index (χ2n) is 6.04. The molecule has 0 aliphatic carbocycles. The van der Waals surface area contributed by atoms with Gasteiger partial charge in [-0.15, -0.1) is 0 Å². The molecule has 19 heavy (non-hydrogen) atoms. The van der Waals surface area contributed by atoms with Crippen molar-refractivity contribution < 1.29 is 0 Å². The summed E-state index contributed by atoms with van der Waals surface area (Å²) >= 11 is 0. The molecule has 1 aromatic heterocycles. The third-order valence-corrected chi connectivity index (χ3v) is 4.59. The van der Waals surface area contributed by atoms with E-state index in [4.69, 9.17) is 5.73 Å². The molecule has 0 aromatic carbocycles. The minimum absolute atomic E-state index is 0.493. The van der Waals surface area contributed by atoms with Crippen molar-refractivity contribution in [2.45, 2.75) is 46.2 Å². The van der Waals surface area contributed by atoms with E-state index in [1.807, 2.05) is 0 Å². The molecule has 0 saturated carbocycles. The summed E-state index contributed by atoms with van der Waals surface area (Å²) in [5.41, 5.74) is 7.05. The van der Waals surface area contributed by atoms with Gasteiger partial charge in [-0.05, 0) is 50.8 Å². The molecule has 0 radical (unpaired) electrons. The van der Waals surface area contributed by atoms with Crippen molar-refractivity contribution in [2.75, 3.05) is 19.6 Å². The minimum atomic E-state index is 0.493. The Kier molecular flexibility index (Phi) is 4.99. The molecule has 1 aliphatic heterocycles. The monoisotopic (exact) mass is 264 g/mol. The van der Waals surface area contributed by atoms with E-state index < -0.39 is 0 Å². The van der Waals surface area contributed by atoms with E-state index in [1.54, 1.807) is 0 Å². The molecule has 2 heterocycles. The zero-order valence-corrected chi connectivity index (χ0v) is 12.5. The molecule has 0 bridgehead atoms. The Hall–Kier alpha value is -0.870. The lowest BCUT2D eigenvalue weighted by atomic mass is 9.87. The van der Waals surface area contributed by atoms with Gasteiger partial charge in [0.2, 0.25) is 0 Å². The second kappa shape index (κ2) is 6.53. The Labute approximate surface area is 117 Å². The highest BCUT2D eigenvalue weighted by Crippen LogP contribution is 2.23. The van der Waals surface area contributed by atoms with Gasteiger partial charge in [-0.3, -0.25) is 9.58 Å². The zero-order chi connectivity index (χ0) is 13.8. The van der Waals surface area contributed by atoms with Crippen LogP contribution in [0.4, 0.5) is 0 Å². The highest BCUT2D eigenvalue weighted by molar-refractivity contribution is 5.00. The molecule has 1 aromatic rings. The number of rotatable bonds is 5. The van der Waals surface area contributed by atoms with Gasteiger partial charge >= 0.3 is 0 Å². The molecule has 4 heteroatoms. The van der Waals surface area contributed by atoms with Crippen LogP contribution in [0, 0.1) is 11.8 Å². The number of piperidine rings is 1. The first-order valence-electron chi connectivity index (χ1n) is 7.60. The summed E-state index contributed by atoms with van der Waals surface area (Å²) in [6, 6.07) is 2.65. The highest BCUT2D eigenvalue weighted by atomic mass is 15.3. The lowest BCUT2D eigenvalue weighted by Crippen LogP contribution is -2.42. The zero-order valence-electron chi connectivity index (χ0n) is 12.5. The normalized spacial score (nSPS) is 26.5. The summed E-state index contributed by atoms with van der Waals surface area (Å²) in [5, 5.41) is 4.69. The summed E-state index contributed by atoms with van der Waals surface area (Å²) in [7, 11) is 0. The van der Waals surface area contributed by atoms with E-state index in [0.29, 0.717) is 12.0 Å². The van der Waals surface area contributed by atoms with Gasteiger partial charge in [-0.25, -0.2) is 0 Å². The van der Waals surface area contributed by atoms with E-state index >= 15 is 0 Å². The molecule has 1 aliphatic rings. The lowest BCUT2D eigenvalue weighted by molar-refractivity contribution is 0.124. The molecule has 1 fully saturated rings. The molecule has 0 spiro atoms. The van der Waals surface area contributed by atoms with Crippen molar-refractivity contribution in [3.63, 3.8) is 0 Å². The third kappa shape index (κ3) is 3.57. The Bertz CT molecular complexity index is 387. The van der Waals surface area contributed by atoms with E-state index in [0.717, 1.165) is 32.0 Å². The Morgan fingerprint density at radius 3 is 3.00 bits per heavy atom. The first-order valence-corrected chi connectivity index (χ1v) is 7.60. The summed E-state index contributed by atoms with van der Waals surface area (Å²) < 4.78 is 2.09. The lowest BCUT2D eigenvalue weighted by Gasteiger charge is -2.36. The Balaban J connectivity index is 1.92. The molecule has 108 valence electrons. The van der Waals surface area contributed by atoms with Gasteiger partial charge in [0, 0.05) is 25.3 Å². The number of hydrogen-bond donors (Lipinski definition) is 1. The average molecular weight is 264 g/mol. The molecular weight excluding hydrogens is 236 g/mol. The number of aromatic nitrogens is 2. The summed E-state index contributed by atoms with van der Waals surface area (Å²) in [6.45, 7) is 10.8. The van der Waals surface area contributed by atoms with Gasteiger partial charge < -0.3 is 5.73 Å². The largest absolute Gasteiger partial charge is 0.330 e. The molecule has 4 nitrogen and oxygen atoms in total. The molecule has 2 N–H and O–H groups in total. The van der Waals surface area contributed by atoms with Crippen LogP contribution >= 0.6 is 0 Å². The molecule has 3 unspecified atom stereocenters. The second-order valence-corrected chi connectivity index (χ2v) is 6.04. The van der Waals surface area contributed by atoms with Gasteiger partial charge in [-0.1, -0.05) is 13.8 Å². The summed E-state index contributed by atoms with van der Waals surface area (Å²) in [5.74, 6) is 1.41. The minimum Gasteiger partial charge on any atom is -0.330 e. The van der Waals surface area contributed by atoms with E-state index in [2.05, 4.69) is 47.7 Å². The van der Waals surface area contributed by atoms with Crippen LogP contribution in [-0.2, 0) is 6.54 Å². The molecule has 3 atom stereocenters. The smallest absolute Gasteiger partial charge is 0.0764 e. The van der Waals surface area contributed by atoms with Crippen molar-refractivity contribution >= 4 is 0 Å². The van der Waals surface area contributed by atoms with E-state index in [9.17, 15) is 0 Å². The number of nitrogens with two attached hydrogens (primary N) is 1. The fourth-order valence-corrected chi connectivity index (χ4v) is 2.80. The van der Waals surface area contributed by atoms with E-state index in [-0.39, 0.29) is 0 Å². The first-order chi connectivity index (χ1) is 9.13. The number of nitrogens with zero attached hydrogens (tertiary/aromatic N) is 3. The first kappa shape index (κ1) is 14.5. The number of likely N-dealkylation sites (tertiary alicyclic amines) is 1. The van der Waals surface area contributed by atoms with Crippen LogP contribution in [0.2, 0.25) is 0 Å². The van der Waals surface area contributed by atoms with Crippen molar-refractivity contribution in [1.82, 2.24) is 14.7 Å². The van der Waals surface area contributed by atoms with Crippen LogP contribution in [0.3, 0.4) is 0 Å². The van der Waals surface area contributed by atoms with Gasteiger partial charge in [0.1, 0.15) is 0 Å². The van der Waals surface area contributed by atoms with Crippen LogP contribution in [0.25, 0.3) is 0 Å². The van der Waals surface area contributed by atoms with E-state index in [1.165, 1.54) is 18.7 Å². The maximum Gasteiger partial charge on any atom is 0.0764 e. The molecule has 0 amide bonds.